The lowest BCUT2D eigenvalue weighted by atomic mass is 9.84. The van der Waals surface area contributed by atoms with Crippen LogP contribution in [-0.4, -0.2) is 28.5 Å². The molecule has 35 heavy (non-hydrogen) atoms. The summed E-state index contributed by atoms with van der Waals surface area (Å²) in [5.74, 6) is -3.80. The van der Waals surface area contributed by atoms with E-state index in [2.05, 4.69) is 0 Å². The Labute approximate surface area is 197 Å². The Bertz CT molecular complexity index is 1400. The monoisotopic (exact) mass is 478 g/mol. The van der Waals surface area contributed by atoms with Gasteiger partial charge in [-0.2, -0.15) is 13.2 Å². The normalized spacial score (nSPS) is 25.0. The molecule has 2 saturated heterocycles. The number of furan rings is 1. The summed E-state index contributed by atoms with van der Waals surface area (Å²) in [6.45, 7) is 0. The Morgan fingerprint density at radius 1 is 0.914 bits per heavy atom. The maximum Gasteiger partial charge on any atom is 0.416 e. The number of ketones is 1. The Morgan fingerprint density at radius 2 is 1.69 bits per heavy atom. The molecule has 176 valence electrons. The summed E-state index contributed by atoms with van der Waals surface area (Å²) in [4.78, 5) is 43.4. The first-order chi connectivity index (χ1) is 16.8. The molecule has 0 aliphatic carbocycles. The Hall–Kier alpha value is -4.14. The number of Topliss-reactive ketones (excluding diaryl/α,β-unsaturated/α-hetero) is 1. The van der Waals surface area contributed by atoms with Crippen molar-refractivity contribution in [3.63, 3.8) is 0 Å². The first-order valence-electron chi connectivity index (χ1n) is 10.9. The van der Waals surface area contributed by atoms with Gasteiger partial charge in [0.15, 0.2) is 5.76 Å². The van der Waals surface area contributed by atoms with Crippen LogP contribution in [0.2, 0.25) is 0 Å². The highest BCUT2D eigenvalue weighted by Gasteiger charge is 2.64. The molecule has 4 heterocycles. The van der Waals surface area contributed by atoms with E-state index in [0.717, 1.165) is 34.2 Å². The van der Waals surface area contributed by atoms with Gasteiger partial charge >= 0.3 is 6.18 Å². The second-order valence-corrected chi connectivity index (χ2v) is 8.73. The number of anilines is 1. The molecule has 0 spiro atoms. The number of hydrogen-bond acceptors (Lipinski definition) is 5. The molecule has 0 saturated carbocycles. The first-order valence-corrected chi connectivity index (χ1v) is 10.9. The summed E-state index contributed by atoms with van der Waals surface area (Å²) in [5.41, 5.74) is 0.478. The quantitative estimate of drug-likeness (QED) is 0.403. The van der Waals surface area contributed by atoms with Crippen molar-refractivity contribution < 1.29 is 32.0 Å². The minimum atomic E-state index is -4.64. The molecule has 2 amide bonds. The number of halogens is 3. The number of hydrogen-bond donors (Lipinski definition) is 0. The van der Waals surface area contributed by atoms with Crippen molar-refractivity contribution in [2.45, 2.75) is 18.3 Å². The van der Waals surface area contributed by atoms with Crippen molar-refractivity contribution in [2.24, 2.45) is 11.8 Å². The van der Waals surface area contributed by atoms with Crippen molar-refractivity contribution in [3.8, 4) is 0 Å². The van der Waals surface area contributed by atoms with Crippen LogP contribution in [0.1, 0.15) is 33.3 Å². The summed E-state index contributed by atoms with van der Waals surface area (Å²) in [6.07, 6.45) is 0.218. The fourth-order valence-corrected chi connectivity index (χ4v) is 5.50. The van der Waals surface area contributed by atoms with Gasteiger partial charge in [0.25, 0.3) is 0 Å². The average Bonchev–Trinajstić information content (AvgIpc) is 3.55. The van der Waals surface area contributed by atoms with Gasteiger partial charge in [-0.1, -0.05) is 30.3 Å². The number of fused-ring (bicyclic) bond motifs is 5. The summed E-state index contributed by atoms with van der Waals surface area (Å²) >= 11 is 0. The van der Waals surface area contributed by atoms with Gasteiger partial charge in [0.1, 0.15) is 6.04 Å². The Balaban J connectivity index is 1.49. The minimum Gasteiger partial charge on any atom is -0.461 e. The number of amides is 2. The zero-order valence-corrected chi connectivity index (χ0v) is 18.0. The summed E-state index contributed by atoms with van der Waals surface area (Å²) < 4.78 is 45.3. The van der Waals surface area contributed by atoms with Gasteiger partial charge in [0, 0.05) is 6.20 Å². The molecule has 0 unspecified atom stereocenters. The largest absolute Gasteiger partial charge is 0.461 e. The van der Waals surface area contributed by atoms with E-state index < -0.39 is 53.3 Å². The van der Waals surface area contributed by atoms with E-state index in [-0.39, 0.29) is 11.4 Å². The van der Waals surface area contributed by atoms with E-state index in [9.17, 15) is 27.6 Å². The van der Waals surface area contributed by atoms with Crippen LogP contribution < -0.4 is 4.90 Å². The van der Waals surface area contributed by atoms with Crippen LogP contribution in [0.4, 0.5) is 18.9 Å². The van der Waals surface area contributed by atoms with E-state index in [1.807, 2.05) is 24.3 Å². The number of alkyl halides is 3. The molecule has 3 aromatic rings. The fraction of sp³-hybridized carbons (Fsp3) is 0.192. The van der Waals surface area contributed by atoms with E-state index in [1.54, 1.807) is 23.2 Å². The topological polar surface area (TPSA) is 70.8 Å². The minimum absolute atomic E-state index is 0.0411. The third-order valence-electron chi connectivity index (χ3n) is 6.93. The van der Waals surface area contributed by atoms with Crippen LogP contribution in [-0.2, 0) is 15.8 Å². The third kappa shape index (κ3) is 3.07. The van der Waals surface area contributed by atoms with Crippen LogP contribution in [0.15, 0.2) is 77.5 Å². The number of benzene rings is 2. The predicted molar refractivity (Wildman–Crippen MR) is 118 cm³/mol. The molecule has 1 aromatic heterocycles. The second kappa shape index (κ2) is 7.43. The SMILES string of the molecule is O=C(c1ccco1)[C@@H]1[C@@H]2C(=O)N(c3cccc(C(F)(F)F)c3)C(=O)[C@@H]2[C@@H]2c3ccccc3C=CN12. The molecule has 6 rings (SSSR count). The van der Waals surface area contributed by atoms with Gasteiger partial charge in [0.2, 0.25) is 17.6 Å². The predicted octanol–water partition coefficient (Wildman–Crippen LogP) is 4.70. The second-order valence-electron chi connectivity index (χ2n) is 8.73. The van der Waals surface area contributed by atoms with Gasteiger partial charge in [-0.05, 0) is 47.5 Å². The van der Waals surface area contributed by atoms with Crippen molar-refractivity contribution >= 4 is 29.4 Å². The maximum atomic E-state index is 13.7. The van der Waals surface area contributed by atoms with Crippen molar-refractivity contribution in [1.82, 2.24) is 4.90 Å². The van der Waals surface area contributed by atoms with E-state index in [1.165, 1.54) is 18.4 Å². The number of carbonyl (C=O) groups is 3. The third-order valence-corrected chi connectivity index (χ3v) is 6.93. The fourth-order valence-electron chi connectivity index (χ4n) is 5.50. The Morgan fingerprint density at radius 3 is 2.43 bits per heavy atom. The van der Waals surface area contributed by atoms with E-state index >= 15 is 0 Å². The molecule has 0 N–H and O–H groups in total. The molecular formula is C26H17F3N2O4. The summed E-state index contributed by atoms with van der Waals surface area (Å²) in [6, 6.07) is 12.8. The van der Waals surface area contributed by atoms with Crippen LogP contribution in [0, 0.1) is 11.8 Å². The average molecular weight is 478 g/mol. The van der Waals surface area contributed by atoms with Gasteiger partial charge in [-0.15, -0.1) is 0 Å². The molecule has 6 nitrogen and oxygen atoms in total. The Kier molecular flexibility index (Phi) is 4.54. The molecule has 4 atom stereocenters. The molecule has 3 aliphatic rings. The first kappa shape index (κ1) is 21.4. The highest BCUT2D eigenvalue weighted by atomic mass is 19.4. The standard InChI is InChI=1S/C26H17F3N2O4/c27-26(28,29)15-6-3-7-16(13-15)31-24(33)19-20(25(31)34)22(23(32)18-9-4-12-35-18)30-11-10-14-5-1-2-8-17(14)21(19)30/h1-13,19-22H/t19-,20+,21-,22-/m0/s1. The lowest BCUT2D eigenvalue weighted by Gasteiger charge is -2.35. The number of carbonyl (C=O) groups excluding carboxylic acids is 3. The van der Waals surface area contributed by atoms with Gasteiger partial charge in [-0.25, -0.2) is 4.90 Å². The van der Waals surface area contributed by atoms with Gasteiger partial charge in [0.05, 0.1) is 35.4 Å². The number of imide groups is 1. The zero-order valence-electron chi connectivity index (χ0n) is 18.0. The maximum absolute atomic E-state index is 13.7. The van der Waals surface area contributed by atoms with E-state index in [0.29, 0.717) is 0 Å². The lowest BCUT2D eigenvalue weighted by molar-refractivity contribution is -0.137. The van der Waals surface area contributed by atoms with Crippen molar-refractivity contribution in [3.05, 3.63) is 95.6 Å². The highest BCUT2D eigenvalue weighted by Crippen LogP contribution is 2.53. The molecular weight excluding hydrogens is 461 g/mol. The lowest BCUT2D eigenvalue weighted by Crippen LogP contribution is -2.44. The molecule has 0 radical (unpaired) electrons. The molecule has 9 heteroatoms. The van der Waals surface area contributed by atoms with Crippen LogP contribution in [0.5, 0.6) is 0 Å². The van der Waals surface area contributed by atoms with Crippen molar-refractivity contribution in [1.29, 1.82) is 0 Å². The van der Waals surface area contributed by atoms with Crippen molar-refractivity contribution in [2.75, 3.05) is 4.90 Å². The summed E-state index contributed by atoms with van der Waals surface area (Å²) in [7, 11) is 0. The number of nitrogens with zero attached hydrogens (tertiary/aromatic N) is 2. The van der Waals surface area contributed by atoms with Gasteiger partial charge in [-0.3, -0.25) is 14.4 Å². The molecule has 2 aromatic carbocycles. The highest BCUT2D eigenvalue weighted by molar-refractivity contribution is 6.24. The van der Waals surface area contributed by atoms with Gasteiger partial charge < -0.3 is 9.32 Å². The van der Waals surface area contributed by atoms with Crippen LogP contribution >= 0.6 is 0 Å². The van der Waals surface area contributed by atoms with Crippen LogP contribution in [0.3, 0.4) is 0 Å². The molecule has 2 fully saturated rings. The molecule has 0 bridgehead atoms. The zero-order chi connectivity index (χ0) is 24.5. The molecule has 3 aliphatic heterocycles. The number of rotatable bonds is 3. The smallest absolute Gasteiger partial charge is 0.416 e. The summed E-state index contributed by atoms with van der Waals surface area (Å²) in [5, 5.41) is 0. The van der Waals surface area contributed by atoms with Crippen LogP contribution in [0.25, 0.3) is 6.08 Å². The van der Waals surface area contributed by atoms with E-state index in [4.69, 9.17) is 4.42 Å².